The number of rotatable bonds is 3. The molecular formula is C13H20NOS+. The van der Waals surface area contributed by atoms with Gasteiger partial charge in [-0.1, -0.05) is 0 Å². The number of carbonyl (C=O) groups is 1. The van der Waals surface area contributed by atoms with Crippen molar-refractivity contribution >= 4 is 17.6 Å². The number of hydrogen-bond donors (Lipinski definition) is 1. The fourth-order valence-corrected chi connectivity index (χ4v) is 3.32. The zero-order valence-electron chi connectivity index (χ0n) is 9.92. The van der Waals surface area contributed by atoms with Crippen molar-refractivity contribution in [3.05, 3.63) is 21.4 Å². The molecule has 1 N–H and O–H groups in total. The third-order valence-corrected chi connectivity index (χ3v) is 4.43. The molecule has 1 fully saturated rings. The number of likely N-dealkylation sites (tertiary alicyclic amines) is 1. The second kappa shape index (κ2) is 5.60. The average molecular weight is 238 g/mol. The van der Waals surface area contributed by atoms with Crippen molar-refractivity contribution in [2.75, 3.05) is 13.1 Å². The molecule has 1 saturated heterocycles. The Morgan fingerprint density at radius 3 is 2.56 bits per heavy atom. The van der Waals surface area contributed by atoms with Gasteiger partial charge in [-0.05, 0) is 38.7 Å². The van der Waals surface area contributed by atoms with Crippen LogP contribution in [0, 0.1) is 6.92 Å². The molecule has 1 aliphatic rings. The fourth-order valence-electron chi connectivity index (χ4n) is 2.45. The Morgan fingerprint density at radius 1 is 1.31 bits per heavy atom. The van der Waals surface area contributed by atoms with Gasteiger partial charge >= 0.3 is 0 Å². The molecule has 2 nitrogen and oxygen atoms in total. The molecule has 2 heterocycles. The third kappa shape index (κ3) is 2.92. The monoisotopic (exact) mass is 238 g/mol. The van der Waals surface area contributed by atoms with Crippen LogP contribution < -0.4 is 4.90 Å². The summed E-state index contributed by atoms with van der Waals surface area (Å²) in [6, 6.07) is 2.07. The first kappa shape index (κ1) is 11.8. The molecule has 0 saturated carbocycles. The van der Waals surface area contributed by atoms with E-state index in [0.717, 1.165) is 17.7 Å². The maximum atomic E-state index is 10.7. The first-order valence-corrected chi connectivity index (χ1v) is 6.99. The van der Waals surface area contributed by atoms with E-state index in [-0.39, 0.29) is 0 Å². The van der Waals surface area contributed by atoms with Gasteiger partial charge in [-0.15, -0.1) is 11.3 Å². The fraction of sp³-hybridized carbons (Fsp3) is 0.615. The Bertz CT molecular complexity index is 351. The van der Waals surface area contributed by atoms with E-state index in [9.17, 15) is 4.79 Å². The van der Waals surface area contributed by atoms with Crippen LogP contribution >= 0.6 is 11.3 Å². The van der Waals surface area contributed by atoms with E-state index in [4.69, 9.17) is 0 Å². The molecule has 2 rings (SSSR count). The van der Waals surface area contributed by atoms with E-state index in [1.165, 1.54) is 49.2 Å². The lowest BCUT2D eigenvalue weighted by molar-refractivity contribution is -0.913. The van der Waals surface area contributed by atoms with Crippen LogP contribution in [0.15, 0.2) is 6.07 Å². The molecule has 0 atom stereocenters. The van der Waals surface area contributed by atoms with E-state index in [0.29, 0.717) is 0 Å². The van der Waals surface area contributed by atoms with E-state index < -0.39 is 0 Å². The third-order valence-electron chi connectivity index (χ3n) is 3.41. The highest BCUT2D eigenvalue weighted by atomic mass is 32.1. The summed E-state index contributed by atoms with van der Waals surface area (Å²) >= 11 is 1.63. The van der Waals surface area contributed by atoms with Gasteiger partial charge in [0.05, 0.1) is 18.0 Å². The number of nitrogens with one attached hydrogen (secondary N) is 1. The average Bonchev–Trinajstić information content (AvgIpc) is 2.51. The smallest absolute Gasteiger partial charge is 0.160 e. The summed E-state index contributed by atoms with van der Waals surface area (Å²) < 4.78 is 0. The molecule has 1 aromatic heterocycles. The Hall–Kier alpha value is -0.670. The molecule has 16 heavy (non-hydrogen) atoms. The summed E-state index contributed by atoms with van der Waals surface area (Å²) in [6.45, 7) is 5.83. The van der Waals surface area contributed by atoms with Crippen LogP contribution in [0.2, 0.25) is 0 Å². The van der Waals surface area contributed by atoms with Gasteiger partial charge in [0.1, 0.15) is 6.54 Å². The van der Waals surface area contributed by atoms with Gasteiger partial charge in [0.25, 0.3) is 0 Å². The van der Waals surface area contributed by atoms with Crippen LogP contribution in [0.5, 0.6) is 0 Å². The predicted molar refractivity (Wildman–Crippen MR) is 67.3 cm³/mol. The minimum absolute atomic E-state index is 0.877. The van der Waals surface area contributed by atoms with E-state index in [1.807, 2.05) is 0 Å². The molecule has 0 amide bonds. The highest BCUT2D eigenvalue weighted by Crippen LogP contribution is 2.19. The highest BCUT2D eigenvalue weighted by molar-refractivity contribution is 7.13. The molecule has 3 heteroatoms. The van der Waals surface area contributed by atoms with Gasteiger partial charge < -0.3 is 4.90 Å². The molecule has 0 radical (unpaired) electrons. The second-order valence-electron chi connectivity index (χ2n) is 4.69. The summed E-state index contributed by atoms with van der Waals surface area (Å²) in [5, 5.41) is 0. The van der Waals surface area contributed by atoms with Crippen LogP contribution in [0.25, 0.3) is 0 Å². The van der Waals surface area contributed by atoms with Gasteiger partial charge in [-0.3, -0.25) is 4.79 Å². The lowest BCUT2D eigenvalue weighted by Gasteiger charge is -2.16. The maximum absolute atomic E-state index is 10.7. The van der Waals surface area contributed by atoms with Crippen molar-refractivity contribution in [3.63, 3.8) is 0 Å². The standard InChI is InChI=1S/C13H19NOS/c1-11-12(8-13(10-15)16-11)9-14-6-4-2-3-5-7-14/h8,10H,2-7,9H2,1H3/p+1. The molecule has 1 aromatic rings. The molecule has 0 bridgehead atoms. The number of hydrogen-bond acceptors (Lipinski definition) is 2. The van der Waals surface area contributed by atoms with Gasteiger partial charge in [0, 0.05) is 10.4 Å². The van der Waals surface area contributed by atoms with Crippen molar-refractivity contribution in [2.24, 2.45) is 0 Å². The number of aldehydes is 1. The molecule has 1 aliphatic heterocycles. The number of quaternary nitrogens is 1. The lowest BCUT2D eigenvalue weighted by Crippen LogP contribution is -3.10. The van der Waals surface area contributed by atoms with Gasteiger partial charge in [-0.2, -0.15) is 0 Å². The maximum Gasteiger partial charge on any atom is 0.160 e. The Morgan fingerprint density at radius 2 is 2.00 bits per heavy atom. The predicted octanol–water partition coefficient (Wildman–Crippen LogP) is 1.83. The minimum Gasteiger partial charge on any atom is -0.331 e. The van der Waals surface area contributed by atoms with Crippen molar-refractivity contribution in [1.82, 2.24) is 0 Å². The number of aryl methyl sites for hydroxylation is 1. The SMILES string of the molecule is Cc1sc(C=O)cc1C[NH+]1CCCCCC1. The first-order valence-electron chi connectivity index (χ1n) is 6.17. The van der Waals surface area contributed by atoms with E-state index in [1.54, 1.807) is 16.2 Å². The Labute approximate surface area is 101 Å². The highest BCUT2D eigenvalue weighted by Gasteiger charge is 2.15. The molecule has 0 aliphatic carbocycles. The van der Waals surface area contributed by atoms with Gasteiger partial charge in [-0.25, -0.2) is 0 Å². The number of thiophene rings is 1. The lowest BCUT2D eigenvalue weighted by atomic mass is 10.2. The topological polar surface area (TPSA) is 21.5 Å². The first-order chi connectivity index (χ1) is 7.79. The second-order valence-corrected chi connectivity index (χ2v) is 5.98. The minimum atomic E-state index is 0.877. The summed E-state index contributed by atoms with van der Waals surface area (Å²) in [5.74, 6) is 0. The van der Waals surface area contributed by atoms with Crippen molar-refractivity contribution in [2.45, 2.75) is 39.2 Å². The van der Waals surface area contributed by atoms with Crippen LogP contribution in [0.1, 0.15) is 45.8 Å². The molecule has 88 valence electrons. The zero-order valence-corrected chi connectivity index (χ0v) is 10.7. The summed E-state index contributed by atoms with van der Waals surface area (Å²) in [7, 11) is 0. The zero-order chi connectivity index (χ0) is 11.4. The summed E-state index contributed by atoms with van der Waals surface area (Å²) in [5.41, 5.74) is 1.38. The van der Waals surface area contributed by atoms with Crippen LogP contribution in [-0.2, 0) is 6.54 Å². The van der Waals surface area contributed by atoms with Crippen LogP contribution in [0.3, 0.4) is 0 Å². The van der Waals surface area contributed by atoms with E-state index >= 15 is 0 Å². The van der Waals surface area contributed by atoms with Crippen LogP contribution in [-0.4, -0.2) is 19.4 Å². The quantitative estimate of drug-likeness (QED) is 0.797. The van der Waals surface area contributed by atoms with Crippen molar-refractivity contribution in [1.29, 1.82) is 0 Å². The number of carbonyl (C=O) groups excluding carboxylic acids is 1. The summed E-state index contributed by atoms with van der Waals surface area (Å²) in [6.07, 6.45) is 6.48. The molecule has 0 unspecified atom stereocenters. The molecule has 0 aromatic carbocycles. The Kier molecular flexibility index (Phi) is 4.13. The molecular weight excluding hydrogens is 218 g/mol. The van der Waals surface area contributed by atoms with Crippen LogP contribution in [0.4, 0.5) is 0 Å². The Balaban J connectivity index is 2.01. The van der Waals surface area contributed by atoms with Gasteiger partial charge in [0.2, 0.25) is 0 Å². The van der Waals surface area contributed by atoms with E-state index in [2.05, 4.69) is 13.0 Å². The molecule has 0 spiro atoms. The summed E-state index contributed by atoms with van der Waals surface area (Å²) in [4.78, 5) is 14.6. The van der Waals surface area contributed by atoms with Crippen molar-refractivity contribution in [3.8, 4) is 0 Å². The normalized spacial score (nSPS) is 18.3. The van der Waals surface area contributed by atoms with Gasteiger partial charge in [0.15, 0.2) is 6.29 Å². The largest absolute Gasteiger partial charge is 0.331 e. The van der Waals surface area contributed by atoms with Crippen molar-refractivity contribution < 1.29 is 9.69 Å².